The van der Waals surface area contributed by atoms with E-state index in [4.69, 9.17) is 25.8 Å². The summed E-state index contributed by atoms with van der Waals surface area (Å²) in [5.41, 5.74) is 2.89. The van der Waals surface area contributed by atoms with Gasteiger partial charge in [-0.3, -0.25) is 14.9 Å². The molecular formula is C24H20ClN3O7. The summed E-state index contributed by atoms with van der Waals surface area (Å²) < 4.78 is 16.1. The Morgan fingerprint density at radius 2 is 1.86 bits per heavy atom. The molecule has 180 valence electrons. The van der Waals surface area contributed by atoms with Gasteiger partial charge in [-0.2, -0.15) is 5.10 Å². The fraction of sp³-hybridized carbons (Fsp3) is 0.125. The molecule has 0 aromatic heterocycles. The number of hydrazone groups is 1. The number of methoxy groups -OCH3 is 1. The summed E-state index contributed by atoms with van der Waals surface area (Å²) in [6.45, 7) is 2.02. The highest BCUT2D eigenvalue weighted by atomic mass is 35.5. The molecule has 0 unspecified atom stereocenters. The minimum absolute atomic E-state index is 0.0344. The van der Waals surface area contributed by atoms with E-state index in [1.807, 2.05) is 0 Å². The number of benzene rings is 3. The van der Waals surface area contributed by atoms with E-state index in [0.717, 1.165) is 6.07 Å². The van der Waals surface area contributed by atoms with Crippen LogP contribution in [0.3, 0.4) is 0 Å². The SMILES string of the molecule is CCOc1cc(C=NNC(=O)c2cccc([N+](=O)[O-])c2)cc(Cl)c1OC(=O)c1ccc(OC)cc1. The van der Waals surface area contributed by atoms with Gasteiger partial charge in [-0.1, -0.05) is 17.7 Å². The molecule has 0 saturated heterocycles. The maximum absolute atomic E-state index is 12.6. The summed E-state index contributed by atoms with van der Waals surface area (Å²) in [4.78, 5) is 35.1. The van der Waals surface area contributed by atoms with Crippen molar-refractivity contribution in [3.05, 3.63) is 92.5 Å². The normalized spacial score (nSPS) is 10.6. The van der Waals surface area contributed by atoms with E-state index in [1.54, 1.807) is 31.2 Å². The van der Waals surface area contributed by atoms with E-state index in [2.05, 4.69) is 10.5 Å². The van der Waals surface area contributed by atoms with Gasteiger partial charge in [0.15, 0.2) is 11.5 Å². The lowest BCUT2D eigenvalue weighted by Crippen LogP contribution is -2.17. The van der Waals surface area contributed by atoms with Crippen molar-refractivity contribution in [2.45, 2.75) is 6.92 Å². The van der Waals surface area contributed by atoms with Crippen LogP contribution in [0.4, 0.5) is 5.69 Å². The molecule has 1 amide bonds. The van der Waals surface area contributed by atoms with E-state index < -0.39 is 16.8 Å². The van der Waals surface area contributed by atoms with Crippen LogP contribution in [-0.2, 0) is 0 Å². The van der Waals surface area contributed by atoms with Crippen LogP contribution < -0.4 is 19.6 Å². The number of ether oxygens (including phenoxy) is 3. The Balaban J connectivity index is 1.76. The third-order valence-electron chi connectivity index (χ3n) is 4.55. The third-order valence-corrected chi connectivity index (χ3v) is 4.83. The molecule has 10 nitrogen and oxygen atoms in total. The number of nitrogens with zero attached hydrogens (tertiary/aromatic N) is 2. The van der Waals surface area contributed by atoms with Gasteiger partial charge in [0.25, 0.3) is 11.6 Å². The topological polar surface area (TPSA) is 129 Å². The van der Waals surface area contributed by atoms with E-state index in [0.29, 0.717) is 16.9 Å². The zero-order chi connectivity index (χ0) is 25.4. The molecular weight excluding hydrogens is 478 g/mol. The second-order valence-corrected chi connectivity index (χ2v) is 7.29. The second-order valence-electron chi connectivity index (χ2n) is 6.89. The van der Waals surface area contributed by atoms with Gasteiger partial charge < -0.3 is 14.2 Å². The first-order chi connectivity index (χ1) is 16.8. The zero-order valence-electron chi connectivity index (χ0n) is 18.7. The van der Waals surface area contributed by atoms with Gasteiger partial charge in [0.05, 0.1) is 35.4 Å². The summed E-state index contributed by atoms with van der Waals surface area (Å²) in [6, 6.07) is 14.6. The minimum Gasteiger partial charge on any atom is -0.497 e. The van der Waals surface area contributed by atoms with Gasteiger partial charge in [0.2, 0.25) is 0 Å². The monoisotopic (exact) mass is 497 g/mol. The predicted octanol–water partition coefficient (Wildman–Crippen LogP) is 4.64. The van der Waals surface area contributed by atoms with Crippen LogP contribution in [0.1, 0.15) is 33.2 Å². The molecule has 0 saturated carbocycles. The van der Waals surface area contributed by atoms with Crippen LogP contribution in [0.5, 0.6) is 17.2 Å². The van der Waals surface area contributed by atoms with Crippen LogP contribution in [-0.4, -0.2) is 36.7 Å². The fourth-order valence-electron chi connectivity index (χ4n) is 2.89. The molecule has 0 aliphatic heterocycles. The van der Waals surface area contributed by atoms with Gasteiger partial charge in [-0.05, 0) is 55.0 Å². The number of nitro groups is 1. The molecule has 0 atom stereocenters. The molecule has 1 N–H and O–H groups in total. The summed E-state index contributed by atoms with van der Waals surface area (Å²) >= 11 is 6.34. The number of esters is 1. The van der Waals surface area contributed by atoms with Gasteiger partial charge in [-0.15, -0.1) is 0 Å². The zero-order valence-corrected chi connectivity index (χ0v) is 19.4. The van der Waals surface area contributed by atoms with Gasteiger partial charge >= 0.3 is 5.97 Å². The maximum Gasteiger partial charge on any atom is 0.343 e. The summed E-state index contributed by atoms with van der Waals surface area (Å²) in [6.07, 6.45) is 1.30. The van der Waals surface area contributed by atoms with Crippen LogP contribution >= 0.6 is 11.6 Å². The molecule has 0 spiro atoms. The standard InChI is InChI=1S/C24H20ClN3O7/c1-3-34-21-12-15(14-26-27-23(29)17-5-4-6-18(13-17)28(31)32)11-20(25)22(21)35-24(30)16-7-9-19(33-2)10-8-16/h4-14H,3H2,1-2H3,(H,27,29). The lowest BCUT2D eigenvalue weighted by Gasteiger charge is -2.13. The first-order valence-electron chi connectivity index (χ1n) is 10.2. The number of nitrogens with one attached hydrogen (secondary N) is 1. The smallest absolute Gasteiger partial charge is 0.343 e. The van der Waals surface area contributed by atoms with Crippen LogP contribution in [0, 0.1) is 10.1 Å². The van der Waals surface area contributed by atoms with Crippen molar-refractivity contribution in [1.29, 1.82) is 0 Å². The number of non-ortho nitro benzene ring substituents is 1. The Morgan fingerprint density at radius 3 is 2.51 bits per heavy atom. The van der Waals surface area contributed by atoms with Crippen LogP contribution in [0.2, 0.25) is 5.02 Å². The molecule has 0 fully saturated rings. The van der Waals surface area contributed by atoms with Crippen molar-refractivity contribution in [2.75, 3.05) is 13.7 Å². The Morgan fingerprint density at radius 1 is 1.11 bits per heavy atom. The number of nitro benzene ring substituents is 1. The molecule has 0 heterocycles. The van der Waals surface area contributed by atoms with Crippen molar-refractivity contribution in [2.24, 2.45) is 5.10 Å². The number of carbonyl (C=O) groups is 2. The highest BCUT2D eigenvalue weighted by Gasteiger charge is 2.18. The number of amides is 1. The van der Waals surface area contributed by atoms with Crippen molar-refractivity contribution in [3.63, 3.8) is 0 Å². The lowest BCUT2D eigenvalue weighted by atomic mass is 10.2. The van der Waals surface area contributed by atoms with E-state index in [9.17, 15) is 19.7 Å². The molecule has 35 heavy (non-hydrogen) atoms. The van der Waals surface area contributed by atoms with Crippen molar-refractivity contribution in [1.82, 2.24) is 5.43 Å². The first kappa shape index (κ1) is 25.2. The van der Waals surface area contributed by atoms with Crippen LogP contribution in [0.15, 0.2) is 65.8 Å². The quantitative estimate of drug-likeness (QED) is 0.150. The predicted molar refractivity (Wildman–Crippen MR) is 129 cm³/mol. The van der Waals surface area contributed by atoms with Gasteiger partial charge in [0, 0.05) is 17.7 Å². The molecule has 0 radical (unpaired) electrons. The van der Waals surface area contributed by atoms with Crippen molar-refractivity contribution < 1.29 is 28.7 Å². The van der Waals surface area contributed by atoms with Gasteiger partial charge in [-0.25, -0.2) is 10.2 Å². The largest absolute Gasteiger partial charge is 0.497 e. The molecule has 3 rings (SSSR count). The summed E-state index contributed by atoms with van der Waals surface area (Å²) in [5.74, 6) is -0.441. The number of hydrogen-bond donors (Lipinski definition) is 1. The van der Waals surface area contributed by atoms with Gasteiger partial charge in [0.1, 0.15) is 5.75 Å². The molecule has 0 aliphatic rings. The Labute approximate surface area is 205 Å². The highest BCUT2D eigenvalue weighted by Crippen LogP contribution is 2.37. The van der Waals surface area contributed by atoms with Crippen molar-refractivity contribution in [3.8, 4) is 17.2 Å². The van der Waals surface area contributed by atoms with Crippen molar-refractivity contribution >= 4 is 35.4 Å². The van der Waals surface area contributed by atoms with E-state index >= 15 is 0 Å². The first-order valence-corrected chi connectivity index (χ1v) is 10.6. The fourth-order valence-corrected chi connectivity index (χ4v) is 3.15. The maximum atomic E-state index is 12.6. The average Bonchev–Trinajstić information content (AvgIpc) is 2.86. The average molecular weight is 498 g/mol. The Kier molecular flexibility index (Phi) is 8.36. The summed E-state index contributed by atoms with van der Waals surface area (Å²) in [7, 11) is 1.52. The number of carbonyl (C=O) groups excluding carboxylic acids is 2. The number of rotatable bonds is 9. The Bertz CT molecular complexity index is 1280. The summed E-state index contributed by atoms with van der Waals surface area (Å²) in [5, 5.41) is 14.8. The molecule has 0 aliphatic carbocycles. The molecule has 11 heteroatoms. The number of halogens is 1. The molecule has 0 bridgehead atoms. The number of hydrogen-bond acceptors (Lipinski definition) is 8. The molecule has 3 aromatic carbocycles. The molecule has 3 aromatic rings. The Hall–Kier alpha value is -4.44. The van der Waals surface area contributed by atoms with E-state index in [1.165, 1.54) is 43.7 Å². The highest BCUT2D eigenvalue weighted by molar-refractivity contribution is 6.32. The third kappa shape index (κ3) is 6.55. The minimum atomic E-state index is -0.638. The van der Waals surface area contributed by atoms with Crippen LogP contribution in [0.25, 0.3) is 0 Å². The lowest BCUT2D eigenvalue weighted by molar-refractivity contribution is -0.384. The van der Waals surface area contributed by atoms with E-state index in [-0.39, 0.29) is 34.4 Å². The second kappa shape index (κ2) is 11.6.